The van der Waals surface area contributed by atoms with Crippen molar-refractivity contribution in [2.24, 2.45) is 0 Å². The number of hydrogen-bond donors (Lipinski definition) is 0. The summed E-state index contributed by atoms with van der Waals surface area (Å²) in [5.74, 6) is 0.335. The number of carbonyl (C=O) groups is 1. The van der Waals surface area contributed by atoms with Gasteiger partial charge in [0.25, 0.3) is 5.91 Å². The molecule has 1 aromatic heterocycles. The molecule has 150 valence electrons. The van der Waals surface area contributed by atoms with Gasteiger partial charge in [0.05, 0.1) is 12.8 Å². The smallest absolute Gasteiger partial charge is 0.254 e. The average Bonchev–Trinajstić information content (AvgIpc) is 3.22. The average molecular weight is 412 g/mol. The van der Waals surface area contributed by atoms with E-state index in [0.29, 0.717) is 18.7 Å². The number of carbonyl (C=O) groups excluding carboxylic acids is 1. The molecule has 0 saturated carbocycles. The maximum atomic E-state index is 13.4. The zero-order chi connectivity index (χ0) is 20.2. The molecule has 1 amide bonds. The molecule has 5 nitrogen and oxygen atoms in total. The van der Waals surface area contributed by atoms with Gasteiger partial charge in [-0.3, -0.25) is 9.69 Å². The van der Waals surface area contributed by atoms with E-state index < -0.39 is 0 Å². The van der Waals surface area contributed by atoms with Gasteiger partial charge in [0.1, 0.15) is 16.6 Å². The second-order valence-corrected chi connectivity index (χ2v) is 7.81. The molecule has 0 spiro atoms. The summed E-state index contributed by atoms with van der Waals surface area (Å²) in [4.78, 5) is 21.4. The minimum atomic E-state index is -0.384. The second kappa shape index (κ2) is 8.71. The van der Waals surface area contributed by atoms with Crippen LogP contribution in [0.15, 0.2) is 53.9 Å². The number of amides is 1. The molecule has 0 aliphatic carbocycles. The van der Waals surface area contributed by atoms with Gasteiger partial charge in [-0.25, -0.2) is 9.37 Å². The minimum Gasteiger partial charge on any atom is -0.497 e. The Morgan fingerprint density at radius 3 is 2.59 bits per heavy atom. The van der Waals surface area contributed by atoms with Crippen LogP contribution in [0, 0.1) is 5.82 Å². The van der Waals surface area contributed by atoms with Crippen molar-refractivity contribution in [2.75, 3.05) is 33.3 Å². The van der Waals surface area contributed by atoms with Crippen LogP contribution in [0.3, 0.4) is 0 Å². The molecule has 3 aromatic rings. The highest BCUT2D eigenvalue weighted by Gasteiger charge is 2.23. The Morgan fingerprint density at radius 1 is 1.14 bits per heavy atom. The maximum absolute atomic E-state index is 13.4. The Balaban J connectivity index is 1.33. The fourth-order valence-corrected chi connectivity index (χ4v) is 4.21. The first-order valence-corrected chi connectivity index (χ1v) is 10.4. The van der Waals surface area contributed by atoms with Gasteiger partial charge >= 0.3 is 0 Å². The van der Waals surface area contributed by atoms with Crippen LogP contribution in [0.25, 0.3) is 10.6 Å². The van der Waals surface area contributed by atoms with Crippen LogP contribution < -0.4 is 4.74 Å². The molecule has 0 unspecified atom stereocenters. The lowest BCUT2D eigenvalue weighted by Gasteiger charge is -2.34. The lowest BCUT2D eigenvalue weighted by atomic mass is 10.1. The summed E-state index contributed by atoms with van der Waals surface area (Å²) < 4.78 is 18.6. The van der Waals surface area contributed by atoms with Gasteiger partial charge in [0.15, 0.2) is 0 Å². The molecular formula is C22H22FN3O2S. The van der Waals surface area contributed by atoms with E-state index in [9.17, 15) is 9.18 Å². The zero-order valence-corrected chi connectivity index (χ0v) is 17.0. The Morgan fingerprint density at radius 2 is 1.90 bits per heavy atom. The predicted molar refractivity (Wildman–Crippen MR) is 112 cm³/mol. The molecule has 1 saturated heterocycles. The van der Waals surface area contributed by atoms with E-state index in [4.69, 9.17) is 9.72 Å². The molecule has 1 aliphatic rings. The SMILES string of the molecule is COc1ccc(-c2nc(CN3CCN(C(=O)c4cccc(F)c4)CC3)cs2)cc1. The van der Waals surface area contributed by atoms with Crippen molar-refractivity contribution >= 4 is 17.2 Å². The van der Waals surface area contributed by atoms with Crippen molar-refractivity contribution < 1.29 is 13.9 Å². The summed E-state index contributed by atoms with van der Waals surface area (Å²) in [6.07, 6.45) is 0. The van der Waals surface area contributed by atoms with Crippen molar-refractivity contribution in [2.45, 2.75) is 6.54 Å². The highest BCUT2D eigenvalue weighted by molar-refractivity contribution is 7.13. The number of aromatic nitrogens is 1. The Kier molecular flexibility index (Phi) is 5.87. The molecule has 0 bridgehead atoms. The summed E-state index contributed by atoms with van der Waals surface area (Å²) >= 11 is 1.63. The number of rotatable bonds is 5. The van der Waals surface area contributed by atoms with Crippen molar-refractivity contribution in [3.05, 3.63) is 71.0 Å². The summed E-state index contributed by atoms with van der Waals surface area (Å²) in [6.45, 7) is 3.57. The molecule has 4 rings (SSSR count). The van der Waals surface area contributed by atoms with Gasteiger partial charge in [-0.2, -0.15) is 0 Å². The summed E-state index contributed by atoms with van der Waals surface area (Å²) in [6, 6.07) is 13.8. The van der Waals surface area contributed by atoms with Gasteiger partial charge in [-0.1, -0.05) is 6.07 Å². The van der Waals surface area contributed by atoms with Crippen LogP contribution in [0.5, 0.6) is 5.75 Å². The summed E-state index contributed by atoms with van der Waals surface area (Å²) in [5.41, 5.74) is 2.51. The number of nitrogens with zero attached hydrogens (tertiary/aromatic N) is 3. The fourth-order valence-electron chi connectivity index (χ4n) is 3.39. The van der Waals surface area contributed by atoms with Gasteiger partial charge in [0, 0.05) is 49.2 Å². The van der Waals surface area contributed by atoms with Gasteiger partial charge in [0.2, 0.25) is 0 Å². The van der Waals surface area contributed by atoms with Crippen LogP contribution in [0.4, 0.5) is 4.39 Å². The largest absolute Gasteiger partial charge is 0.497 e. The molecule has 7 heteroatoms. The van der Waals surface area contributed by atoms with Crippen molar-refractivity contribution in [1.29, 1.82) is 0 Å². The monoisotopic (exact) mass is 411 g/mol. The van der Waals surface area contributed by atoms with Crippen LogP contribution in [0.1, 0.15) is 16.1 Å². The number of ether oxygens (including phenoxy) is 1. The van der Waals surface area contributed by atoms with E-state index in [1.54, 1.807) is 35.5 Å². The standard InChI is InChI=1S/C22H22FN3O2S/c1-28-20-7-5-16(6-8-20)21-24-19(15-29-21)14-25-9-11-26(12-10-25)22(27)17-3-2-4-18(23)13-17/h2-8,13,15H,9-12,14H2,1H3. The van der Waals surface area contributed by atoms with Crippen molar-refractivity contribution in [1.82, 2.24) is 14.8 Å². The third-order valence-corrected chi connectivity index (χ3v) is 5.95. The minimum absolute atomic E-state index is 0.111. The van der Waals surface area contributed by atoms with Crippen molar-refractivity contribution in [3.8, 4) is 16.3 Å². The van der Waals surface area contributed by atoms with E-state index in [1.165, 1.54) is 12.1 Å². The lowest BCUT2D eigenvalue weighted by molar-refractivity contribution is 0.0627. The molecule has 29 heavy (non-hydrogen) atoms. The van der Waals surface area contributed by atoms with E-state index in [-0.39, 0.29) is 11.7 Å². The van der Waals surface area contributed by atoms with E-state index >= 15 is 0 Å². The second-order valence-electron chi connectivity index (χ2n) is 6.95. The fraction of sp³-hybridized carbons (Fsp3) is 0.273. The third-order valence-electron chi connectivity index (χ3n) is 5.01. The number of methoxy groups -OCH3 is 1. The quantitative estimate of drug-likeness (QED) is 0.639. The van der Waals surface area contributed by atoms with Crippen LogP contribution in [0.2, 0.25) is 0 Å². The molecule has 1 aliphatic heterocycles. The molecule has 0 N–H and O–H groups in total. The summed E-state index contributed by atoms with van der Waals surface area (Å²) in [5, 5.41) is 3.08. The van der Waals surface area contributed by atoms with Gasteiger partial charge in [-0.15, -0.1) is 11.3 Å². The molecule has 2 aromatic carbocycles. The van der Waals surface area contributed by atoms with E-state index in [0.717, 1.165) is 41.6 Å². The topological polar surface area (TPSA) is 45.7 Å². The number of piperazine rings is 1. The molecule has 0 radical (unpaired) electrons. The Hall–Kier alpha value is -2.77. The number of thiazole rings is 1. The van der Waals surface area contributed by atoms with E-state index in [2.05, 4.69) is 10.3 Å². The Bertz CT molecular complexity index is 982. The van der Waals surface area contributed by atoms with E-state index in [1.807, 2.05) is 24.3 Å². The maximum Gasteiger partial charge on any atom is 0.254 e. The lowest BCUT2D eigenvalue weighted by Crippen LogP contribution is -2.48. The first kappa shape index (κ1) is 19.5. The van der Waals surface area contributed by atoms with Gasteiger partial charge in [-0.05, 0) is 42.5 Å². The highest BCUT2D eigenvalue weighted by atomic mass is 32.1. The van der Waals surface area contributed by atoms with Crippen LogP contribution >= 0.6 is 11.3 Å². The van der Waals surface area contributed by atoms with Crippen LogP contribution in [-0.2, 0) is 6.54 Å². The number of benzene rings is 2. The van der Waals surface area contributed by atoms with Crippen LogP contribution in [-0.4, -0.2) is 54.0 Å². The molecule has 2 heterocycles. The number of hydrogen-bond acceptors (Lipinski definition) is 5. The normalized spacial score (nSPS) is 14.8. The predicted octanol–water partition coefficient (Wildman–Crippen LogP) is 3.92. The third kappa shape index (κ3) is 4.63. The first-order chi connectivity index (χ1) is 14.1. The van der Waals surface area contributed by atoms with Crippen molar-refractivity contribution in [3.63, 3.8) is 0 Å². The van der Waals surface area contributed by atoms with Gasteiger partial charge < -0.3 is 9.64 Å². The first-order valence-electron chi connectivity index (χ1n) is 9.48. The molecular weight excluding hydrogens is 389 g/mol. The molecule has 1 fully saturated rings. The highest BCUT2D eigenvalue weighted by Crippen LogP contribution is 2.26. The Labute approximate surface area is 173 Å². The summed E-state index contributed by atoms with van der Waals surface area (Å²) in [7, 11) is 1.65. The number of halogens is 1. The zero-order valence-electron chi connectivity index (χ0n) is 16.2. The molecule has 0 atom stereocenters.